The van der Waals surface area contributed by atoms with Gasteiger partial charge in [-0.3, -0.25) is 14.2 Å². The lowest BCUT2D eigenvalue weighted by Crippen LogP contribution is -2.45. The van der Waals surface area contributed by atoms with Crippen LogP contribution in [0.15, 0.2) is 29.7 Å². The minimum atomic E-state index is -4.01. The second-order valence-electron chi connectivity index (χ2n) is 11.7. The van der Waals surface area contributed by atoms with Crippen LogP contribution in [0, 0.1) is 10.8 Å². The van der Waals surface area contributed by atoms with Gasteiger partial charge in [-0.2, -0.15) is 0 Å². The fourth-order valence-electron chi connectivity index (χ4n) is 3.80. The van der Waals surface area contributed by atoms with Crippen molar-refractivity contribution in [2.24, 2.45) is 21.6 Å². The SMILES string of the molecule is C=C1N=C(N)C=CN1[C@@H]1O[C@](CC)(CP(=O)(OCCSC(=O)C(C)(C)C)OCCSC(=O)C(C)(C)C)[C@@H](O)[C@H]1F. The standard InChI is InChI=1S/C26H43FN3O7PS2/c1-9-26(20(31)19(27)21(37-26)30-11-10-18(28)29-17(30)2)16-38(34,35-12-14-39-22(32)24(3,4)5)36-13-15-40-23(33)25(6,7)8/h10-11,19-21,31H,2,9,12-16H2,1,3-8H3,(H2,28,29)/t19-,20+,21-,26-/m1/s1. The van der Waals surface area contributed by atoms with Crippen LogP contribution in [0.4, 0.5) is 4.39 Å². The van der Waals surface area contributed by atoms with Gasteiger partial charge < -0.3 is 29.5 Å². The van der Waals surface area contributed by atoms with E-state index in [1.807, 2.05) is 0 Å². The normalized spacial score (nSPS) is 25.8. The highest BCUT2D eigenvalue weighted by atomic mass is 32.2. The molecule has 228 valence electrons. The van der Waals surface area contributed by atoms with Crippen LogP contribution in [-0.4, -0.2) is 81.1 Å². The first-order valence-electron chi connectivity index (χ1n) is 13.1. The van der Waals surface area contributed by atoms with Crippen molar-refractivity contribution in [1.29, 1.82) is 0 Å². The van der Waals surface area contributed by atoms with E-state index in [4.69, 9.17) is 19.5 Å². The molecule has 40 heavy (non-hydrogen) atoms. The van der Waals surface area contributed by atoms with Crippen molar-refractivity contribution < 1.29 is 37.4 Å². The summed E-state index contributed by atoms with van der Waals surface area (Å²) in [4.78, 5) is 29.9. The number of rotatable bonds is 12. The predicted octanol–water partition coefficient (Wildman–Crippen LogP) is 4.69. The van der Waals surface area contributed by atoms with Gasteiger partial charge in [-0.25, -0.2) is 9.38 Å². The molecule has 3 N–H and O–H groups in total. The predicted molar refractivity (Wildman–Crippen MR) is 159 cm³/mol. The molecule has 2 aliphatic rings. The van der Waals surface area contributed by atoms with E-state index in [2.05, 4.69) is 11.6 Å². The van der Waals surface area contributed by atoms with Gasteiger partial charge in [0.25, 0.3) is 0 Å². The van der Waals surface area contributed by atoms with Crippen LogP contribution in [0.3, 0.4) is 0 Å². The van der Waals surface area contributed by atoms with E-state index >= 15 is 4.39 Å². The van der Waals surface area contributed by atoms with Crippen molar-refractivity contribution >= 4 is 47.2 Å². The van der Waals surface area contributed by atoms with E-state index in [1.54, 1.807) is 48.5 Å². The molecule has 0 aromatic heterocycles. The van der Waals surface area contributed by atoms with E-state index in [0.29, 0.717) is 0 Å². The number of halogens is 1. The molecule has 2 rings (SSSR count). The van der Waals surface area contributed by atoms with Crippen molar-refractivity contribution in [2.45, 2.75) is 79.0 Å². The molecule has 0 saturated carbocycles. The number of ether oxygens (including phenoxy) is 1. The van der Waals surface area contributed by atoms with Gasteiger partial charge in [0.1, 0.15) is 23.4 Å². The van der Waals surface area contributed by atoms with Gasteiger partial charge in [-0.15, -0.1) is 0 Å². The number of nitrogens with two attached hydrogens (primary N) is 1. The summed E-state index contributed by atoms with van der Waals surface area (Å²) >= 11 is 2.10. The molecule has 0 spiro atoms. The number of amidine groups is 1. The van der Waals surface area contributed by atoms with Gasteiger partial charge in [-0.05, 0) is 12.5 Å². The molecule has 0 bridgehead atoms. The molecule has 10 nitrogen and oxygen atoms in total. The monoisotopic (exact) mass is 623 g/mol. The molecule has 2 aliphatic heterocycles. The Morgan fingerprint density at radius 3 is 2.10 bits per heavy atom. The molecular weight excluding hydrogens is 580 g/mol. The third-order valence-corrected chi connectivity index (χ3v) is 10.8. The molecule has 0 radical (unpaired) electrons. The average Bonchev–Trinajstić information content (AvgIpc) is 3.08. The Morgan fingerprint density at radius 2 is 1.68 bits per heavy atom. The summed E-state index contributed by atoms with van der Waals surface area (Å²) in [6, 6.07) is 0. The van der Waals surface area contributed by atoms with E-state index in [-0.39, 0.29) is 53.0 Å². The largest absolute Gasteiger partial charge is 0.387 e. The minimum Gasteiger partial charge on any atom is -0.387 e. The van der Waals surface area contributed by atoms with Crippen LogP contribution in [0.5, 0.6) is 0 Å². The number of nitrogens with zero attached hydrogens (tertiary/aromatic N) is 2. The van der Waals surface area contributed by atoms with Gasteiger partial charge in [0.15, 0.2) is 22.6 Å². The van der Waals surface area contributed by atoms with Crippen LogP contribution in [0.25, 0.3) is 0 Å². The highest BCUT2D eigenvalue weighted by molar-refractivity contribution is 8.14. The van der Waals surface area contributed by atoms with E-state index in [0.717, 1.165) is 23.5 Å². The molecule has 4 atom stereocenters. The molecule has 0 unspecified atom stereocenters. The summed E-state index contributed by atoms with van der Waals surface area (Å²) in [5.41, 5.74) is 2.96. The summed E-state index contributed by atoms with van der Waals surface area (Å²) in [6.45, 7) is 16.1. The summed E-state index contributed by atoms with van der Waals surface area (Å²) < 4.78 is 47.0. The summed E-state index contributed by atoms with van der Waals surface area (Å²) in [5, 5.41) is 10.9. The lowest BCUT2D eigenvalue weighted by Gasteiger charge is -2.35. The number of hydrogen-bond acceptors (Lipinski definition) is 12. The van der Waals surface area contributed by atoms with Crippen molar-refractivity contribution in [3.05, 3.63) is 24.7 Å². The van der Waals surface area contributed by atoms with E-state index in [9.17, 15) is 19.3 Å². The smallest absolute Gasteiger partial charge is 0.333 e. The lowest BCUT2D eigenvalue weighted by molar-refractivity contribution is -0.118. The summed E-state index contributed by atoms with van der Waals surface area (Å²) in [5.74, 6) is 0.752. The second-order valence-corrected chi connectivity index (χ2v) is 15.9. The number of aliphatic imine (C=N–C) groups is 1. The fraction of sp³-hybridized carbons (Fsp3) is 0.731. The van der Waals surface area contributed by atoms with Crippen LogP contribution >= 0.6 is 31.1 Å². The second kappa shape index (κ2) is 13.8. The molecular formula is C26H43FN3O7PS2. The van der Waals surface area contributed by atoms with Crippen molar-refractivity contribution in [1.82, 2.24) is 4.90 Å². The Hall–Kier alpha value is -1.21. The number of aliphatic hydroxyl groups is 1. The number of carbonyl (C=O) groups excluding carboxylic acids is 2. The molecule has 2 heterocycles. The lowest BCUT2D eigenvalue weighted by atomic mass is 9.95. The van der Waals surface area contributed by atoms with Crippen molar-refractivity contribution in [3.8, 4) is 0 Å². The Morgan fingerprint density at radius 1 is 1.18 bits per heavy atom. The van der Waals surface area contributed by atoms with E-state index < -0.39 is 48.7 Å². The zero-order valence-corrected chi connectivity index (χ0v) is 26.9. The number of aliphatic hydroxyl groups excluding tert-OH is 1. The van der Waals surface area contributed by atoms with Crippen molar-refractivity contribution in [3.63, 3.8) is 0 Å². The van der Waals surface area contributed by atoms with Gasteiger partial charge in [0.05, 0.1) is 19.4 Å². The maximum Gasteiger partial charge on any atom is 0.333 e. The van der Waals surface area contributed by atoms with E-state index in [1.165, 1.54) is 17.2 Å². The fourth-order valence-corrected chi connectivity index (χ4v) is 7.75. The van der Waals surface area contributed by atoms with Crippen LogP contribution in [0.2, 0.25) is 0 Å². The quantitative estimate of drug-likeness (QED) is 0.231. The summed E-state index contributed by atoms with van der Waals surface area (Å²) in [7, 11) is -4.01. The van der Waals surface area contributed by atoms with Gasteiger partial charge in [-0.1, -0.05) is 78.6 Å². The average molecular weight is 624 g/mol. The van der Waals surface area contributed by atoms with Gasteiger partial charge in [0.2, 0.25) is 0 Å². The maximum atomic E-state index is 15.5. The molecule has 1 fully saturated rings. The summed E-state index contributed by atoms with van der Waals surface area (Å²) in [6.07, 6.45) is -2.31. The Kier molecular flexibility index (Phi) is 12.1. The minimum absolute atomic E-state index is 0.0512. The van der Waals surface area contributed by atoms with Gasteiger partial charge >= 0.3 is 7.60 Å². The molecule has 0 amide bonds. The highest BCUT2D eigenvalue weighted by Gasteiger charge is 2.59. The number of hydrogen-bond donors (Lipinski definition) is 2. The number of thioether (sulfide) groups is 2. The first-order valence-corrected chi connectivity index (χ1v) is 16.8. The third kappa shape index (κ3) is 9.14. The Labute approximate surface area is 245 Å². The van der Waals surface area contributed by atoms with Crippen molar-refractivity contribution in [2.75, 3.05) is 30.9 Å². The van der Waals surface area contributed by atoms with Crippen LogP contribution < -0.4 is 5.73 Å². The topological polar surface area (TPSA) is 141 Å². The molecule has 14 heteroatoms. The maximum absolute atomic E-state index is 15.5. The van der Waals surface area contributed by atoms with Crippen LogP contribution in [0.1, 0.15) is 54.9 Å². The zero-order chi connectivity index (χ0) is 30.5. The Balaban J connectivity index is 2.20. The third-order valence-electron chi connectivity index (χ3n) is 6.20. The molecule has 0 aliphatic carbocycles. The first-order chi connectivity index (χ1) is 18.3. The van der Waals surface area contributed by atoms with Gasteiger partial charge in [0, 0.05) is 28.5 Å². The highest BCUT2D eigenvalue weighted by Crippen LogP contribution is 2.55. The first kappa shape index (κ1) is 35.0. The molecule has 1 saturated heterocycles. The molecule has 0 aromatic carbocycles. The Bertz CT molecular complexity index is 1020. The number of alkyl halides is 1. The van der Waals surface area contributed by atoms with Crippen LogP contribution in [-0.2, 0) is 27.9 Å². The zero-order valence-electron chi connectivity index (χ0n) is 24.3. The molecule has 0 aromatic rings. The number of carbonyl (C=O) groups is 2.